The highest BCUT2D eigenvalue weighted by Crippen LogP contribution is 2.12. The van der Waals surface area contributed by atoms with Crippen LogP contribution in [0.5, 0.6) is 5.75 Å². The van der Waals surface area contributed by atoms with Gasteiger partial charge in [-0.05, 0) is 32.0 Å². The predicted octanol–water partition coefficient (Wildman–Crippen LogP) is 1.35. The number of nitrogens with zero attached hydrogens (tertiary/aromatic N) is 2. The standard InChI is InChI=1S/C15H23N3O2/c1-2-8-20-14-9-13(10-17-11-14)15(19)12-18-6-3-4-16-5-7-18/h9-11,16H,2-8,12H2,1H3. The molecule has 0 aromatic carbocycles. The molecule has 0 amide bonds. The highest BCUT2D eigenvalue weighted by atomic mass is 16.5. The fraction of sp³-hybridized carbons (Fsp3) is 0.600. The molecule has 1 aromatic heterocycles. The monoisotopic (exact) mass is 277 g/mol. The molecule has 1 aliphatic rings. The average Bonchev–Trinajstić information content (AvgIpc) is 2.74. The van der Waals surface area contributed by atoms with Gasteiger partial charge in [0, 0.05) is 24.8 Å². The van der Waals surface area contributed by atoms with E-state index in [2.05, 4.69) is 22.1 Å². The number of hydrogen-bond donors (Lipinski definition) is 1. The van der Waals surface area contributed by atoms with Gasteiger partial charge in [0.15, 0.2) is 5.78 Å². The lowest BCUT2D eigenvalue weighted by molar-refractivity contribution is 0.0934. The number of carbonyl (C=O) groups is 1. The highest BCUT2D eigenvalue weighted by Gasteiger charge is 2.15. The van der Waals surface area contributed by atoms with E-state index in [1.54, 1.807) is 18.5 Å². The van der Waals surface area contributed by atoms with Crippen molar-refractivity contribution >= 4 is 5.78 Å². The first-order valence-electron chi connectivity index (χ1n) is 7.33. The molecule has 0 unspecified atom stereocenters. The fourth-order valence-corrected chi connectivity index (χ4v) is 2.22. The molecule has 5 heteroatoms. The molecule has 20 heavy (non-hydrogen) atoms. The van der Waals surface area contributed by atoms with E-state index in [9.17, 15) is 4.79 Å². The molecule has 0 radical (unpaired) electrons. The third-order valence-electron chi connectivity index (χ3n) is 3.31. The summed E-state index contributed by atoms with van der Waals surface area (Å²) in [6.45, 7) is 7.04. The molecule has 1 N–H and O–H groups in total. The molecule has 0 atom stereocenters. The fourth-order valence-electron chi connectivity index (χ4n) is 2.22. The molecule has 0 bridgehead atoms. The van der Waals surface area contributed by atoms with Crippen molar-refractivity contribution in [3.63, 3.8) is 0 Å². The van der Waals surface area contributed by atoms with Crippen LogP contribution in [0.15, 0.2) is 18.5 Å². The lowest BCUT2D eigenvalue weighted by atomic mass is 10.1. The summed E-state index contributed by atoms with van der Waals surface area (Å²) in [5, 5.41) is 3.34. The van der Waals surface area contributed by atoms with Crippen LogP contribution in [0.3, 0.4) is 0 Å². The first-order valence-corrected chi connectivity index (χ1v) is 7.33. The second-order valence-electron chi connectivity index (χ2n) is 5.06. The highest BCUT2D eigenvalue weighted by molar-refractivity contribution is 5.97. The molecular weight excluding hydrogens is 254 g/mol. The molecule has 5 nitrogen and oxygen atoms in total. The van der Waals surface area contributed by atoms with Gasteiger partial charge >= 0.3 is 0 Å². The third kappa shape index (κ3) is 4.58. The van der Waals surface area contributed by atoms with Crippen LogP contribution >= 0.6 is 0 Å². The molecule has 2 rings (SSSR count). The molecule has 0 aliphatic carbocycles. The molecule has 110 valence electrons. The Morgan fingerprint density at radius 3 is 3.15 bits per heavy atom. The summed E-state index contributed by atoms with van der Waals surface area (Å²) in [5.74, 6) is 0.789. The zero-order chi connectivity index (χ0) is 14.2. The summed E-state index contributed by atoms with van der Waals surface area (Å²) in [7, 11) is 0. The van der Waals surface area contributed by atoms with Crippen LogP contribution in [0.4, 0.5) is 0 Å². The molecule has 1 saturated heterocycles. The number of ketones is 1. The van der Waals surface area contributed by atoms with Gasteiger partial charge in [-0.1, -0.05) is 6.92 Å². The summed E-state index contributed by atoms with van der Waals surface area (Å²) in [4.78, 5) is 18.6. The van der Waals surface area contributed by atoms with Crippen LogP contribution in [-0.4, -0.2) is 55.0 Å². The minimum Gasteiger partial charge on any atom is -0.492 e. The second kappa shape index (κ2) is 7.97. The number of hydrogen-bond acceptors (Lipinski definition) is 5. The van der Waals surface area contributed by atoms with Gasteiger partial charge in [-0.25, -0.2) is 0 Å². The zero-order valence-corrected chi connectivity index (χ0v) is 12.1. The second-order valence-corrected chi connectivity index (χ2v) is 5.06. The summed E-state index contributed by atoms with van der Waals surface area (Å²) in [5.41, 5.74) is 0.635. The molecule has 1 fully saturated rings. The van der Waals surface area contributed by atoms with E-state index in [1.165, 1.54) is 0 Å². The topological polar surface area (TPSA) is 54.5 Å². The third-order valence-corrected chi connectivity index (χ3v) is 3.31. The SMILES string of the molecule is CCCOc1cncc(C(=O)CN2CCCNCC2)c1. The number of Topliss-reactive ketones (excluding diaryl/α,β-unsaturated/α-hetero) is 1. The number of carbonyl (C=O) groups excluding carboxylic acids is 1. The minimum absolute atomic E-state index is 0.112. The van der Waals surface area contributed by atoms with E-state index in [0.717, 1.165) is 39.0 Å². The Morgan fingerprint density at radius 2 is 2.30 bits per heavy atom. The van der Waals surface area contributed by atoms with Crippen molar-refractivity contribution < 1.29 is 9.53 Å². The van der Waals surface area contributed by atoms with Crippen molar-refractivity contribution in [2.24, 2.45) is 0 Å². The average molecular weight is 277 g/mol. The number of aromatic nitrogens is 1. The van der Waals surface area contributed by atoms with Crippen molar-refractivity contribution in [3.05, 3.63) is 24.0 Å². The Morgan fingerprint density at radius 1 is 1.40 bits per heavy atom. The van der Waals surface area contributed by atoms with Crippen molar-refractivity contribution in [3.8, 4) is 5.75 Å². The maximum Gasteiger partial charge on any atom is 0.178 e. The van der Waals surface area contributed by atoms with Gasteiger partial charge in [-0.2, -0.15) is 0 Å². The van der Waals surface area contributed by atoms with E-state index < -0.39 is 0 Å². The smallest absolute Gasteiger partial charge is 0.178 e. The van der Waals surface area contributed by atoms with Gasteiger partial charge < -0.3 is 10.1 Å². The van der Waals surface area contributed by atoms with E-state index in [0.29, 0.717) is 24.5 Å². The van der Waals surface area contributed by atoms with Gasteiger partial charge in [-0.3, -0.25) is 14.7 Å². The molecule has 1 aliphatic heterocycles. The van der Waals surface area contributed by atoms with Gasteiger partial charge in [0.25, 0.3) is 0 Å². The molecular formula is C15H23N3O2. The number of pyridine rings is 1. The lowest BCUT2D eigenvalue weighted by Crippen LogP contribution is -2.33. The Hall–Kier alpha value is -1.46. The number of rotatable bonds is 6. The van der Waals surface area contributed by atoms with Crippen molar-refractivity contribution in [1.29, 1.82) is 0 Å². The van der Waals surface area contributed by atoms with Crippen LogP contribution < -0.4 is 10.1 Å². The zero-order valence-electron chi connectivity index (χ0n) is 12.1. The van der Waals surface area contributed by atoms with Crippen LogP contribution in [-0.2, 0) is 0 Å². The summed E-state index contributed by atoms with van der Waals surface area (Å²) in [6, 6.07) is 1.79. The van der Waals surface area contributed by atoms with Crippen molar-refractivity contribution in [2.75, 3.05) is 39.3 Å². The summed E-state index contributed by atoms with van der Waals surface area (Å²) >= 11 is 0. The quantitative estimate of drug-likeness (QED) is 0.795. The van der Waals surface area contributed by atoms with Gasteiger partial charge in [0.2, 0.25) is 0 Å². The van der Waals surface area contributed by atoms with Gasteiger partial charge in [-0.15, -0.1) is 0 Å². The maximum atomic E-state index is 12.3. The maximum absolute atomic E-state index is 12.3. The Labute approximate surface area is 120 Å². The Bertz CT molecular complexity index is 429. The van der Waals surface area contributed by atoms with Crippen LogP contribution in [0.1, 0.15) is 30.1 Å². The summed E-state index contributed by atoms with van der Waals surface area (Å²) in [6.07, 6.45) is 5.31. The van der Waals surface area contributed by atoms with E-state index in [4.69, 9.17) is 4.74 Å². The molecule has 2 heterocycles. The van der Waals surface area contributed by atoms with Crippen LogP contribution in [0, 0.1) is 0 Å². The van der Waals surface area contributed by atoms with E-state index >= 15 is 0 Å². The lowest BCUT2D eigenvalue weighted by Gasteiger charge is -2.18. The molecule has 0 spiro atoms. The largest absolute Gasteiger partial charge is 0.492 e. The van der Waals surface area contributed by atoms with Crippen LogP contribution in [0.25, 0.3) is 0 Å². The first-order chi connectivity index (χ1) is 9.79. The van der Waals surface area contributed by atoms with Crippen molar-refractivity contribution in [1.82, 2.24) is 15.2 Å². The van der Waals surface area contributed by atoms with Gasteiger partial charge in [0.05, 0.1) is 19.3 Å². The first kappa shape index (κ1) is 14.9. The number of nitrogens with one attached hydrogen (secondary N) is 1. The van der Waals surface area contributed by atoms with E-state index in [-0.39, 0.29) is 5.78 Å². The Balaban J connectivity index is 1.93. The van der Waals surface area contributed by atoms with Crippen molar-refractivity contribution in [2.45, 2.75) is 19.8 Å². The minimum atomic E-state index is 0.112. The van der Waals surface area contributed by atoms with Gasteiger partial charge in [0.1, 0.15) is 5.75 Å². The Kier molecular flexibility index (Phi) is 5.95. The normalized spacial score (nSPS) is 16.6. The van der Waals surface area contributed by atoms with Crippen LogP contribution in [0.2, 0.25) is 0 Å². The number of ether oxygens (including phenoxy) is 1. The predicted molar refractivity (Wildman–Crippen MR) is 78.3 cm³/mol. The van der Waals surface area contributed by atoms with E-state index in [1.807, 2.05) is 0 Å². The molecule has 0 saturated carbocycles. The summed E-state index contributed by atoms with van der Waals surface area (Å²) < 4.78 is 5.52. The molecule has 1 aromatic rings.